The van der Waals surface area contributed by atoms with Gasteiger partial charge in [-0.1, -0.05) is 13.8 Å². The monoisotopic (exact) mass is 343 g/mol. The Morgan fingerprint density at radius 1 is 1.16 bits per heavy atom. The van der Waals surface area contributed by atoms with E-state index in [2.05, 4.69) is 47.4 Å². The summed E-state index contributed by atoms with van der Waals surface area (Å²) in [5.41, 5.74) is 1.92. The molecule has 0 saturated heterocycles. The number of nitrogens with one attached hydrogen (secondary N) is 2. The first-order chi connectivity index (χ1) is 12.1. The van der Waals surface area contributed by atoms with E-state index in [9.17, 15) is 4.79 Å². The normalized spacial score (nSPS) is 10.9. The first kappa shape index (κ1) is 19.1. The molecule has 0 atom stereocenters. The molecule has 25 heavy (non-hydrogen) atoms. The summed E-state index contributed by atoms with van der Waals surface area (Å²) in [4.78, 5) is 12.1. The Balaban J connectivity index is 1.67. The molecule has 0 unspecified atom stereocenters. The van der Waals surface area contributed by atoms with E-state index in [1.807, 2.05) is 0 Å². The molecular formula is C20H29N3O2. The predicted molar refractivity (Wildman–Crippen MR) is 101 cm³/mol. The zero-order chi connectivity index (χ0) is 18.1. The van der Waals surface area contributed by atoms with Crippen molar-refractivity contribution in [2.24, 2.45) is 5.92 Å². The second-order valence-corrected chi connectivity index (χ2v) is 6.54. The molecule has 0 radical (unpaired) electrons. The van der Waals surface area contributed by atoms with Crippen LogP contribution in [0, 0.1) is 5.92 Å². The van der Waals surface area contributed by atoms with E-state index in [-0.39, 0.29) is 5.91 Å². The first-order valence-corrected chi connectivity index (χ1v) is 8.87. The molecule has 0 saturated carbocycles. The number of ether oxygens (including phenoxy) is 1. The van der Waals surface area contributed by atoms with Crippen molar-refractivity contribution in [1.82, 2.24) is 15.2 Å². The van der Waals surface area contributed by atoms with Crippen molar-refractivity contribution >= 4 is 5.91 Å². The summed E-state index contributed by atoms with van der Waals surface area (Å²) in [6.07, 6.45) is 3.31. The van der Waals surface area contributed by atoms with E-state index in [1.165, 1.54) is 12.1 Å². The largest absolute Gasteiger partial charge is 0.497 e. The van der Waals surface area contributed by atoms with Crippen molar-refractivity contribution < 1.29 is 9.53 Å². The van der Waals surface area contributed by atoms with Crippen LogP contribution in [0.25, 0.3) is 0 Å². The number of amides is 1. The van der Waals surface area contributed by atoms with Crippen molar-refractivity contribution in [2.45, 2.75) is 33.4 Å². The quantitative estimate of drug-likeness (QED) is 0.652. The lowest BCUT2D eigenvalue weighted by Gasteiger charge is -2.12. The molecule has 1 aromatic heterocycles. The third-order valence-corrected chi connectivity index (χ3v) is 4.12. The van der Waals surface area contributed by atoms with Crippen molar-refractivity contribution in [2.75, 3.05) is 20.2 Å². The Morgan fingerprint density at radius 3 is 2.60 bits per heavy atom. The van der Waals surface area contributed by atoms with Crippen LogP contribution in [0.5, 0.6) is 5.75 Å². The average molecular weight is 343 g/mol. The number of carbonyl (C=O) groups excluding carboxylic acids is 1. The third kappa shape index (κ3) is 6.27. The molecule has 136 valence electrons. The molecule has 0 spiro atoms. The number of carbonyl (C=O) groups is 1. The number of methoxy groups -OCH3 is 1. The summed E-state index contributed by atoms with van der Waals surface area (Å²) < 4.78 is 7.39. The van der Waals surface area contributed by atoms with Gasteiger partial charge < -0.3 is 19.9 Å². The van der Waals surface area contributed by atoms with Gasteiger partial charge in [-0.2, -0.15) is 0 Å². The van der Waals surface area contributed by atoms with E-state index in [0.717, 1.165) is 25.4 Å². The lowest BCUT2D eigenvalue weighted by atomic mass is 10.1. The van der Waals surface area contributed by atoms with Crippen LogP contribution >= 0.6 is 0 Å². The molecule has 2 aromatic rings. The number of aryl methyl sites for hydroxylation is 1. The van der Waals surface area contributed by atoms with Gasteiger partial charge in [0.15, 0.2) is 0 Å². The molecule has 1 aromatic carbocycles. The highest BCUT2D eigenvalue weighted by atomic mass is 16.5. The van der Waals surface area contributed by atoms with E-state index in [0.29, 0.717) is 18.0 Å². The second-order valence-electron chi connectivity index (χ2n) is 6.54. The molecule has 1 heterocycles. The number of benzene rings is 1. The molecule has 0 aliphatic rings. The minimum atomic E-state index is -0.0650. The van der Waals surface area contributed by atoms with Crippen LogP contribution in [0.1, 0.15) is 36.3 Å². The molecule has 0 aliphatic heterocycles. The van der Waals surface area contributed by atoms with Crippen LogP contribution in [0.2, 0.25) is 0 Å². The molecule has 2 rings (SSSR count). The van der Waals surface area contributed by atoms with Gasteiger partial charge in [0.1, 0.15) is 5.75 Å². The maximum atomic E-state index is 12.1. The van der Waals surface area contributed by atoms with Crippen LogP contribution in [-0.4, -0.2) is 30.7 Å². The standard InChI is InChI=1S/C20H29N3O2/c1-16(2)10-14-23-13-4-5-18(23)15-21-11-12-22-20(24)17-6-8-19(25-3)9-7-17/h4-9,13,16,21H,10-12,14-15H2,1-3H3,(H,22,24). The summed E-state index contributed by atoms with van der Waals surface area (Å²) in [5, 5.41) is 6.31. The number of hydrogen-bond donors (Lipinski definition) is 2. The van der Waals surface area contributed by atoms with Gasteiger partial charge in [-0.15, -0.1) is 0 Å². The van der Waals surface area contributed by atoms with Crippen LogP contribution in [0.3, 0.4) is 0 Å². The Labute approximate surface area is 150 Å². The van der Waals surface area contributed by atoms with Crippen molar-refractivity contribution in [1.29, 1.82) is 0 Å². The molecule has 0 bridgehead atoms. The number of rotatable bonds is 10. The molecule has 2 N–H and O–H groups in total. The zero-order valence-electron chi connectivity index (χ0n) is 15.4. The van der Waals surface area contributed by atoms with Gasteiger partial charge in [0, 0.05) is 43.6 Å². The molecule has 1 amide bonds. The van der Waals surface area contributed by atoms with Gasteiger partial charge in [-0.05, 0) is 48.7 Å². The summed E-state index contributed by atoms with van der Waals surface area (Å²) >= 11 is 0. The summed E-state index contributed by atoms with van der Waals surface area (Å²) in [6.45, 7) is 7.67. The highest BCUT2D eigenvalue weighted by Crippen LogP contribution is 2.11. The van der Waals surface area contributed by atoms with E-state index >= 15 is 0 Å². The Kier molecular flexibility index (Phi) is 7.54. The Hall–Kier alpha value is -2.27. The van der Waals surface area contributed by atoms with Crippen LogP contribution in [0.4, 0.5) is 0 Å². The van der Waals surface area contributed by atoms with Crippen LogP contribution in [0.15, 0.2) is 42.6 Å². The SMILES string of the molecule is COc1ccc(C(=O)NCCNCc2cccn2CCC(C)C)cc1. The first-order valence-electron chi connectivity index (χ1n) is 8.87. The summed E-state index contributed by atoms with van der Waals surface area (Å²) in [6, 6.07) is 11.3. The number of hydrogen-bond acceptors (Lipinski definition) is 3. The van der Waals surface area contributed by atoms with Crippen molar-refractivity contribution in [3.05, 3.63) is 53.9 Å². The zero-order valence-corrected chi connectivity index (χ0v) is 15.4. The second kappa shape index (κ2) is 9.89. The fourth-order valence-electron chi connectivity index (χ4n) is 2.55. The topological polar surface area (TPSA) is 55.3 Å². The van der Waals surface area contributed by atoms with E-state index in [1.54, 1.807) is 31.4 Å². The maximum absolute atomic E-state index is 12.1. The van der Waals surface area contributed by atoms with Gasteiger partial charge in [-0.3, -0.25) is 4.79 Å². The Morgan fingerprint density at radius 2 is 1.92 bits per heavy atom. The third-order valence-electron chi connectivity index (χ3n) is 4.12. The lowest BCUT2D eigenvalue weighted by Crippen LogP contribution is -2.31. The van der Waals surface area contributed by atoms with Gasteiger partial charge in [0.05, 0.1) is 7.11 Å². The molecule has 5 heteroatoms. The molecule has 0 fully saturated rings. The van der Waals surface area contributed by atoms with Gasteiger partial charge >= 0.3 is 0 Å². The van der Waals surface area contributed by atoms with E-state index in [4.69, 9.17) is 4.74 Å². The average Bonchev–Trinajstić information content (AvgIpc) is 3.07. The number of nitrogens with zero attached hydrogens (tertiary/aromatic N) is 1. The molecule has 5 nitrogen and oxygen atoms in total. The minimum Gasteiger partial charge on any atom is -0.497 e. The number of aromatic nitrogens is 1. The van der Waals surface area contributed by atoms with Crippen LogP contribution in [-0.2, 0) is 13.1 Å². The summed E-state index contributed by atoms with van der Waals surface area (Å²) in [5.74, 6) is 1.39. The van der Waals surface area contributed by atoms with Crippen molar-refractivity contribution in [3.8, 4) is 5.75 Å². The minimum absolute atomic E-state index is 0.0650. The van der Waals surface area contributed by atoms with Gasteiger partial charge in [-0.25, -0.2) is 0 Å². The van der Waals surface area contributed by atoms with Crippen molar-refractivity contribution in [3.63, 3.8) is 0 Å². The van der Waals surface area contributed by atoms with E-state index < -0.39 is 0 Å². The highest BCUT2D eigenvalue weighted by molar-refractivity contribution is 5.94. The fraction of sp³-hybridized carbons (Fsp3) is 0.450. The smallest absolute Gasteiger partial charge is 0.251 e. The Bertz CT molecular complexity index is 647. The molecule has 0 aliphatic carbocycles. The lowest BCUT2D eigenvalue weighted by molar-refractivity contribution is 0.0954. The fourth-order valence-corrected chi connectivity index (χ4v) is 2.55. The molecular weight excluding hydrogens is 314 g/mol. The highest BCUT2D eigenvalue weighted by Gasteiger charge is 2.05. The van der Waals surface area contributed by atoms with Gasteiger partial charge in [0.2, 0.25) is 0 Å². The van der Waals surface area contributed by atoms with Gasteiger partial charge in [0.25, 0.3) is 5.91 Å². The maximum Gasteiger partial charge on any atom is 0.251 e. The summed E-state index contributed by atoms with van der Waals surface area (Å²) in [7, 11) is 1.61. The predicted octanol–water partition coefficient (Wildman–Crippen LogP) is 3.06. The van der Waals surface area contributed by atoms with Crippen LogP contribution < -0.4 is 15.4 Å².